The van der Waals surface area contributed by atoms with Crippen LogP contribution in [0.4, 0.5) is 0 Å². The van der Waals surface area contributed by atoms with E-state index in [0.717, 1.165) is 0 Å². The summed E-state index contributed by atoms with van der Waals surface area (Å²) < 4.78 is 4.98. The summed E-state index contributed by atoms with van der Waals surface area (Å²) in [6.07, 6.45) is -0.0129. The molecule has 1 aliphatic heterocycles. The van der Waals surface area contributed by atoms with E-state index in [1.165, 1.54) is 0 Å². The van der Waals surface area contributed by atoms with E-state index in [0.29, 0.717) is 19.4 Å². The maximum absolute atomic E-state index is 10.9. The predicted molar refractivity (Wildman–Crippen MR) is 41.8 cm³/mol. The van der Waals surface area contributed by atoms with Crippen LogP contribution >= 0.6 is 0 Å². The Labute approximate surface area is 71.2 Å². The number of aliphatic hydroxyl groups is 1. The van der Waals surface area contributed by atoms with E-state index in [9.17, 15) is 9.90 Å². The van der Waals surface area contributed by atoms with Crippen molar-refractivity contribution < 1.29 is 19.7 Å². The van der Waals surface area contributed by atoms with Crippen molar-refractivity contribution in [3.8, 4) is 0 Å². The summed E-state index contributed by atoms with van der Waals surface area (Å²) in [5.74, 6) is -0.916. The van der Waals surface area contributed by atoms with Crippen molar-refractivity contribution in [2.45, 2.75) is 25.9 Å². The molecular formula is C8H14O4. The van der Waals surface area contributed by atoms with Gasteiger partial charge in [-0.3, -0.25) is 4.79 Å². The van der Waals surface area contributed by atoms with Crippen molar-refractivity contribution in [3.05, 3.63) is 0 Å². The van der Waals surface area contributed by atoms with Gasteiger partial charge in [0.2, 0.25) is 0 Å². The Bertz CT molecular complexity index is 180. The molecule has 0 radical (unpaired) electrons. The molecule has 4 nitrogen and oxygen atoms in total. The molecule has 0 aliphatic carbocycles. The van der Waals surface area contributed by atoms with Crippen molar-refractivity contribution in [2.24, 2.45) is 5.41 Å². The van der Waals surface area contributed by atoms with Crippen molar-refractivity contribution in [1.29, 1.82) is 0 Å². The van der Waals surface area contributed by atoms with Crippen LogP contribution in [-0.4, -0.2) is 35.5 Å². The van der Waals surface area contributed by atoms with E-state index < -0.39 is 17.5 Å². The summed E-state index contributed by atoms with van der Waals surface area (Å²) in [5.41, 5.74) is -0.974. The third kappa shape index (κ3) is 1.32. The predicted octanol–water partition coefficient (Wildman–Crippen LogP) is 0.249. The number of carbonyl (C=O) groups is 1. The first kappa shape index (κ1) is 9.48. The fraction of sp³-hybridized carbons (Fsp3) is 0.875. The highest BCUT2D eigenvalue weighted by atomic mass is 16.5. The molecule has 1 saturated heterocycles. The summed E-state index contributed by atoms with van der Waals surface area (Å²) in [6.45, 7) is 2.35. The topological polar surface area (TPSA) is 66.8 Å². The number of aliphatic hydroxyl groups excluding tert-OH is 1. The van der Waals surface area contributed by atoms with E-state index in [1.807, 2.05) is 0 Å². The Morgan fingerprint density at radius 1 is 1.75 bits per heavy atom. The molecule has 1 heterocycles. The van der Waals surface area contributed by atoms with Crippen LogP contribution < -0.4 is 0 Å². The highest BCUT2D eigenvalue weighted by Gasteiger charge is 2.45. The molecule has 4 heteroatoms. The van der Waals surface area contributed by atoms with Gasteiger partial charge in [0.25, 0.3) is 0 Å². The van der Waals surface area contributed by atoms with Gasteiger partial charge in [-0.25, -0.2) is 0 Å². The van der Waals surface area contributed by atoms with Gasteiger partial charge in [-0.05, 0) is 12.8 Å². The van der Waals surface area contributed by atoms with Gasteiger partial charge in [0.05, 0.1) is 18.1 Å². The van der Waals surface area contributed by atoms with Gasteiger partial charge in [0.15, 0.2) is 0 Å². The van der Waals surface area contributed by atoms with Gasteiger partial charge in [0.1, 0.15) is 0 Å². The summed E-state index contributed by atoms with van der Waals surface area (Å²) in [4.78, 5) is 10.9. The van der Waals surface area contributed by atoms with Gasteiger partial charge in [0, 0.05) is 6.61 Å². The number of aliphatic carboxylic acids is 1. The second kappa shape index (κ2) is 3.41. The monoisotopic (exact) mass is 174 g/mol. The minimum Gasteiger partial charge on any atom is -0.481 e. The molecule has 0 aromatic heterocycles. The van der Waals surface area contributed by atoms with Crippen LogP contribution in [0.2, 0.25) is 0 Å². The third-order valence-electron chi connectivity index (χ3n) is 2.66. The largest absolute Gasteiger partial charge is 0.481 e. The molecule has 0 amide bonds. The van der Waals surface area contributed by atoms with Gasteiger partial charge in [-0.1, -0.05) is 6.92 Å². The quantitative estimate of drug-likeness (QED) is 0.629. The molecule has 0 aromatic carbocycles. The highest BCUT2D eigenvalue weighted by molar-refractivity contribution is 5.75. The first-order chi connectivity index (χ1) is 5.63. The molecule has 2 N–H and O–H groups in total. The van der Waals surface area contributed by atoms with E-state index in [1.54, 1.807) is 6.92 Å². The number of rotatable bonds is 2. The first-order valence-corrected chi connectivity index (χ1v) is 4.12. The Hall–Kier alpha value is -0.610. The molecule has 70 valence electrons. The smallest absolute Gasteiger partial charge is 0.312 e. The Morgan fingerprint density at radius 2 is 2.42 bits per heavy atom. The van der Waals surface area contributed by atoms with E-state index in [4.69, 9.17) is 9.84 Å². The molecule has 1 aliphatic rings. The zero-order chi connectivity index (χ0) is 9.19. The molecule has 0 saturated carbocycles. The maximum Gasteiger partial charge on any atom is 0.312 e. The first-order valence-electron chi connectivity index (χ1n) is 4.12. The lowest BCUT2D eigenvalue weighted by atomic mass is 9.76. The molecule has 12 heavy (non-hydrogen) atoms. The van der Waals surface area contributed by atoms with Crippen molar-refractivity contribution in [3.63, 3.8) is 0 Å². The zero-order valence-corrected chi connectivity index (χ0v) is 7.12. The van der Waals surface area contributed by atoms with Gasteiger partial charge in [-0.15, -0.1) is 0 Å². The lowest BCUT2D eigenvalue weighted by molar-refractivity contribution is -0.170. The number of hydrogen-bond donors (Lipinski definition) is 2. The summed E-state index contributed by atoms with van der Waals surface area (Å²) in [6, 6.07) is 0. The highest BCUT2D eigenvalue weighted by Crippen LogP contribution is 2.34. The maximum atomic E-state index is 10.9. The molecule has 1 fully saturated rings. The Kier molecular flexibility index (Phi) is 2.69. The van der Waals surface area contributed by atoms with Gasteiger partial charge < -0.3 is 14.9 Å². The number of hydrogen-bond acceptors (Lipinski definition) is 3. The second-order valence-electron chi connectivity index (χ2n) is 3.16. The van der Waals surface area contributed by atoms with E-state index in [2.05, 4.69) is 0 Å². The molecule has 0 spiro atoms. The number of ether oxygens (including phenoxy) is 1. The molecule has 0 bridgehead atoms. The van der Waals surface area contributed by atoms with Crippen LogP contribution in [0.15, 0.2) is 0 Å². The van der Waals surface area contributed by atoms with Crippen LogP contribution in [0, 0.1) is 5.41 Å². The second-order valence-corrected chi connectivity index (χ2v) is 3.16. The van der Waals surface area contributed by atoms with Gasteiger partial charge in [-0.2, -0.15) is 0 Å². The summed E-state index contributed by atoms with van der Waals surface area (Å²) in [5, 5.41) is 18.4. The molecule has 1 rings (SSSR count). The van der Waals surface area contributed by atoms with Crippen molar-refractivity contribution in [2.75, 3.05) is 13.2 Å². The third-order valence-corrected chi connectivity index (χ3v) is 2.66. The summed E-state index contributed by atoms with van der Waals surface area (Å²) >= 11 is 0. The SMILES string of the molecule is CCC1(C(=O)O)CCOCC1O. The van der Waals surface area contributed by atoms with E-state index in [-0.39, 0.29) is 6.61 Å². The van der Waals surface area contributed by atoms with Crippen LogP contribution in [0.1, 0.15) is 19.8 Å². The van der Waals surface area contributed by atoms with Crippen LogP contribution in [0.25, 0.3) is 0 Å². The van der Waals surface area contributed by atoms with E-state index >= 15 is 0 Å². The normalized spacial score (nSPS) is 36.3. The number of carboxylic acids is 1. The standard InChI is InChI=1S/C8H14O4/c1-2-8(7(10)11)3-4-12-5-6(8)9/h6,9H,2-5H2,1H3,(H,10,11). The van der Waals surface area contributed by atoms with Crippen LogP contribution in [0.3, 0.4) is 0 Å². The molecular weight excluding hydrogens is 160 g/mol. The zero-order valence-electron chi connectivity index (χ0n) is 7.12. The van der Waals surface area contributed by atoms with Crippen molar-refractivity contribution >= 4 is 5.97 Å². The van der Waals surface area contributed by atoms with Crippen LogP contribution in [-0.2, 0) is 9.53 Å². The Balaban J connectivity index is 2.81. The Morgan fingerprint density at radius 3 is 2.75 bits per heavy atom. The summed E-state index contributed by atoms with van der Waals surface area (Å²) in [7, 11) is 0. The van der Waals surface area contributed by atoms with Crippen molar-refractivity contribution in [1.82, 2.24) is 0 Å². The van der Waals surface area contributed by atoms with Gasteiger partial charge >= 0.3 is 5.97 Å². The fourth-order valence-electron chi connectivity index (χ4n) is 1.59. The lowest BCUT2D eigenvalue weighted by Gasteiger charge is -2.36. The average Bonchev–Trinajstić information content (AvgIpc) is 2.05. The minimum absolute atomic E-state index is 0.139. The molecule has 2 unspecified atom stereocenters. The van der Waals surface area contributed by atoms with Crippen LogP contribution in [0.5, 0.6) is 0 Å². The molecule has 2 atom stereocenters. The lowest BCUT2D eigenvalue weighted by Crippen LogP contribution is -2.48. The minimum atomic E-state index is -0.974. The average molecular weight is 174 g/mol. The number of carboxylic acid groups (broad SMARTS) is 1. The fourth-order valence-corrected chi connectivity index (χ4v) is 1.59. The molecule has 0 aromatic rings.